The molecular weight excluding hydrogens is 238 g/mol. The van der Waals surface area contributed by atoms with Gasteiger partial charge in [-0.25, -0.2) is 0 Å². The van der Waals surface area contributed by atoms with E-state index in [1.807, 2.05) is 12.1 Å². The Labute approximate surface area is 116 Å². The molecule has 1 saturated heterocycles. The van der Waals surface area contributed by atoms with Crippen molar-refractivity contribution in [3.05, 3.63) is 29.8 Å². The maximum absolute atomic E-state index is 9.37. The summed E-state index contributed by atoms with van der Waals surface area (Å²) < 4.78 is 5.81. The van der Waals surface area contributed by atoms with Gasteiger partial charge in [-0.15, -0.1) is 0 Å². The molecule has 1 aliphatic rings. The van der Waals surface area contributed by atoms with Crippen LogP contribution in [0.25, 0.3) is 0 Å². The molecule has 3 nitrogen and oxygen atoms in total. The monoisotopic (exact) mass is 263 g/mol. The molecule has 0 radical (unpaired) electrons. The number of ether oxygens (including phenoxy) is 1. The molecule has 2 N–H and O–H groups in total. The van der Waals surface area contributed by atoms with Crippen LogP contribution in [0, 0.1) is 5.41 Å². The molecular formula is C16H25NO2. The highest BCUT2D eigenvalue weighted by atomic mass is 16.5. The Morgan fingerprint density at radius 1 is 1.37 bits per heavy atom. The van der Waals surface area contributed by atoms with Gasteiger partial charge in [-0.3, -0.25) is 0 Å². The summed E-state index contributed by atoms with van der Waals surface area (Å²) in [6.07, 6.45) is 2.36. The molecule has 1 fully saturated rings. The molecule has 0 amide bonds. The Bertz CT molecular complexity index is 402. The first-order valence-electron chi connectivity index (χ1n) is 7.15. The van der Waals surface area contributed by atoms with E-state index in [0.717, 1.165) is 26.0 Å². The van der Waals surface area contributed by atoms with Gasteiger partial charge in [0.15, 0.2) is 0 Å². The second-order valence-corrected chi connectivity index (χ2v) is 6.00. The van der Waals surface area contributed by atoms with Crippen LogP contribution in [0.4, 0.5) is 0 Å². The first-order chi connectivity index (χ1) is 9.02. The number of hydrogen-bond donors (Lipinski definition) is 2. The number of benzene rings is 1. The predicted molar refractivity (Wildman–Crippen MR) is 77.4 cm³/mol. The standard InChI is InChI=1S/C16H25NO2/c1-12(2)17-11-16(8-9-19-13(16)3)10-14-4-6-15(18)7-5-14/h4-7,12-13,17-18H,8-11H2,1-3H3. The number of phenols is 1. The molecule has 0 aromatic heterocycles. The minimum absolute atomic E-state index is 0.168. The topological polar surface area (TPSA) is 41.5 Å². The third-order valence-corrected chi connectivity index (χ3v) is 4.19. The summed E-state index contributed by atoms with van der Waals surface area (Å²) in [6, 6.07) is 8.04. The van der Waals surface area contributed by atoms with E-state index in [0.29, 0.717) is 11.8 Å². The van der Waals surface area contributed by atoms with Crippen LogP contribution in [0.5, 0.6) is 5.75 Å². The van der Waals surface area contributed by atoms with Crippen LogP contribution in [0.3, 0.4) is 0 Å². The molecule has 2 atom stereocenters. The molecule has 0 spiro atoms. The van der Waals surface area contributed by atoms with E-state index in [9.17, 15) is 5.11 Å². The molecule has 0 bridgehead atoms. The van der Waals surface area contributed by atoms with Crippen molar-refractivity contribution in [1.82, 2.24) is 5.32 Å². The number of phenolic OH excluding ortho intramolecular Hbond substituents is 1. The third kappa shape index (κ3) is 3.48. The summed E-state index contributed by atoms with van der Waals surface area (Å²) in [6.45, 7) is 8.35. The predicted octanol–water partition coefficient (Wildman–Crippen LogP) is 2.73. The van der Waals surface area contributed by atoms with Gasteiger partial charge in [-0.2, -0.15) is 0 Å². The lowest BCUT2D eigenvalue weighted by atomic mass is 9.76. The van der Waals surface area contributed by atoms with E-state index >= 15 is 0 Å². The molecule has 0 saturated carbocycles. The zero-order chi connectivity index (χ0) is 13.9. The summed E-state index contributed by atoms with van der Waals surface area (Å²) in [7, 11) is 0. The maximum Gasteiger partial charge on any atom is 0.115 e. The first-order valence-corrected chi connectivity index (χ1v) is 7.15. The van der Waals surface area contributed by atoms with Crippen LogP contribution in [-0.2, 0) is 11.2 Å². The zero-order valence-electron chi connectivity index (χ0n) is 12.1. The number of rotatable bonds is 5. The quantitative estimate of drug-likeness (QED) is 0.858. The molecule has 2 unspecified atom stereocenters. The lowest BCUT2D eigenvalue weighted by Gasteiger charge is -2.33. The lowest BCUT2D eigenvalue weighted by molar-refractivity contribution is 0.0620. The van der Waals surface area contributed by atoms with E-state index in [2.05, 4.69) is 26.1 Å². The number of nitrogens with one attached hydrogen (secondary N) is 1. The van der Waals surface area contributed by atoms with Crippen molar-refractivity contribution < 1.29 is 9.84 Å². The van der Waals surface area contributed by atoms with Crippen LogP contribution in [0.1, 0.15) is 32.8 Å². The molecule has 106 valence electrons. The van der Waals surface area contributed by atoms with Crippen molar-refractivity contribution in [2.75, 3.05) is 13.2 Å². The molecule has 1 aromatic carbocycles. The fourth-order valence-corrected chi connectivity index (χ4v) is 2.77. The average molecular weight is 263 g/mol. The van der Waals surface area contributed by atoms with Gasteiger partial charge in [-0.1, -0.05) is 26.0 Å². The first kappa shape index (κ1) is 14.4. The van der Waals surface area contributed by atoms with Gasteiger partial charge >= 0.3 is 0 Å². The van der Waals surface area contributed by atoms with Crippen molar-refractivity contribution in [2.24, 2.45) is 5.41 Å². The summed E-state index contributed by atoms with van der Waals surface area (Å²) in [5.41, 5.74) is 1.43. The summed E-state index contributed by atoms with van der Waals surface area (Å²) in [5, 5.41) is 12.9. The van der Waals surface area contributed by atoms with E-state index in [1.54, 1.807) is 12.1 Å². The number of hydrogen-bond acceptors (Lipinski definition) is 3. The van der Waals surface area contributed by atoms with Crippen LogP contribution in [-0.4, -0.2) is 30.4 Å². The highest BCUT2D eigenvalue weighted by Crippen LogP contribution is 2.38. The highest BCUT2D eigenvalue weighted by molar-refractivity contribution is 5.27. The van der Waals surface area contributed by atoms with Gasteiger partial charge in [0, 0.05) is 24.6 Å². The Hall–Kier alpha value is -1.06. The Morgan fingerprint density at radius 2 is 2.05 bits per heavy atom. The second-order valence-electron chi connectivity index (χ2n) is 6.00. The highest BCUT2D eigenvalue weighted by Gasteiger charge is 2.41. The van der Waals surface area contributed by atoms with E-state index in [1.165, 1.54) is 5.56 Å². The van der Waals surface area contributed by atoms with Crippen molar-refractivity contribution in [3.8, 4) is 5.75 Å². The molecule has 1 aliphatic heterocycles. The van der Waals surface area contributed by atoms with Gasteiger partial charge in [0.25, 0.3) is 0 Å². The molecule has 19 heavy (non-hydrogen) atoms. The molecule has 1 aromatic rings. The van der Waals surface area contributed by atoms with Crippen LogP contribution >= 0.6 is 0 Å². The Kier molecular flexibility index (Phi) is 4.48. The third-order valence-electron chi connectivity index (χ3n) is 4.19. The summed E-state index contributed by atoms with van der Waals surface area (Å²) in [4.78, 5) is 0. The van der Waals surface area contributed by atoms with E-state index in [4.69, 9.17) is 4.74 Å². The molecule has 3 heteroatoms. The van der Waals surface area contributed by atoms with Crippen molar-refractivity contribution in [3.63, 3.8) is 0 Å². The maximum atomic E-state index is 9.37. The van der Waals surface area contributed by atoms with Crippen molar-refractivity contribution >= 4 is 0 Å². The SMILES string of the molecule is CC(C)NCC1(Cc2ccc(O)cc2)CCOC1C. The average Bonchev–Trinajstić information content (AvgIpc) is 2.72. The largest absolute Gasteiger partial charge is 0.508 e. The van der Waals surface area contributed by atoms with Gasteiger partial charge in [0.2, 0.25) is 0 Å². The second kappa shape index (κ2) is 5.93. The van der Waals surface area contributed by atoms with Gasteiger partial charge in [0.1, 0.15) is 5.75 Å². The normalized spacial score (nSPS) is 27.1. The molecule has 0 aliphatic carbocycles. The van der Waals surface area contributed by atoms with Crippen LogP contribution in [0.2, 0.25) is 0 Å². The minimum Gasteiger partial charge on any atom is -0.508 e. The molecule has 2 rings (SSSR count). The fourth-order valence-electron chi connectivity index (χ4n) is 2.77. The van der Waals surface area contributed by atoms with E-state index < -0.39 is 0 Å². The van der Waals surface area contributed by atoms with Crippen LogP contribution < -0.4 is 5.32 Å². The minimum atomic E-state index is 0.168. The Balaban J connectivity index is 2.11. The van der Waals surface area contributed by atoms with Gasteiger partial charge < -0.3 is 15.2 Å². The molecule has 1 heterocycles. The zero-order valence-corrected chi connectivity index (χ0v) is 12.1. The van der Waals surface area contributed by atoms with E-state index in [-0.39, 0.29) is 11.5 Å². The van der Waals surface area contributed by atoms with Gasteiger partial charge in [-0.05, 0) is 37.5 Å². The fraction of sp³-hybridized carbons (Fsp3) is 0.625. The smallest absolute Gasteiger partial charge is 0.115 e. The lowest BCUT2D eigenvalue weighted by Crippen LogP contribution is -2.43. The summed E-state index contributed by atoms with van der Waals surface area (Å²) >= 11 is 0. The van der Waals surface area contributed by atoms with Gasteiger partial charge in [0.05, 0.1) is 6.10 Å². The van der Waals surface area contributed by atoms with Crippen molar-refractivity contribution in [1.29, 1.82) is 0 Å². The number of aromatic hydroxyl groups is 1. The van der Waals surface area contributed by atoms with Crippen molar-refractivity contribution in [2.45, 2.75) is 45.8 Å². The Morgan fingerprint density at radius 3 is 2.58 bits per heavy atom. The summed E-state index contributed by atoms with van der Waals surface area (Å²) in [5.74, 6) is 0.328. The van der Waals surface area contributed by atoms with Crippen LogP contribution in [0.15, 0.2) is 24.3 Å².